The number of hydrogen-bond donors (Lipinski definition) is 1. The van der Waals surface area contributed by atoms with Crippen molar-refractivity contribution in [2.45, 2.75) is 39.2 Å². The molecule has 0 heterocycles. The van der Waals surface area contributed by atoms with E-state index in [-0.39, 0.29) is 6.10 Å². The molecule has 0 aliphatic rings. The Morgan fingerprint density at radius 2 is 1.59 bits per heavy atom. The first kappa shape index (κ1) is 14.2. The van der Waals surface area contributed by atoms with E-state index in [2.05, 4.69) is 45.0 Å². The molecule has 0 radical (unpaired) electrons. The fourth-order valence-electron chi connectivity index (χ4n) is 1.97. The van der Waals surface area contributed by atoms with Gasteiger partial charge < -0.3 is 10.5 Å². The van der Waals surface area contributed by atoms with Gasteiger partial charge in [-0.3, -0.25) is 0 Å². The molecular formula is C15H25NO. The minimum absolute atomic E-state index is 0.206. The van der Waals surface area contributed by atoms with Gasteiger partial charge in [-0.05, 0) is 35.9 Å². The van der Waals surface area contributed by atoms with Gasteiger partial charge in [0.25, 0.3) is 0 Å². The van der Waals surface area contributed by atoms with Crippen molar-refractivity contribution in [3.63, 3.8) is 0 Å². The van der Waals surface area contributed by atoms with Crippen LogP contribution in [0.5, 0.6) is 0 Å². The van der Waals surface area contributed by atoms with Crippen molar-refractivity contribution in [3.8, 4) is 0 Å². The van der Waals surface area contributed by atoms with Crippen LogP contribution < -0.4 is 5.73 Å². The Morgan fingerprint density at radius 3 is 2.00 bits per heavy atom. The summed E-state index contributed by atoms with van der Waals surface area (Å²) in [7, 11) is 1.78. The van der Waals surface area contributed by atoms with Gasteiger partial charge in [0.2, 0.25) is 0 Å². The van der Waals surface area contributed by atoms with Crippen LogP contribution in [0, 0.1) is 5.92 Å². The van der Waals surface area contributed by atoms with Crippen molar-refractivity contribution < 1.29 is 4.74 Å². The summed E-state index contributed by atoms with van der Waals surface area (Å²) < 4.78 is 5.55. The Bertz CT molecular complexity index is 318. The molecule has 0 spiro atoms. The lowest BCUT2D eigenvalue weighted by Crippen LogP contribution is -2.09. The van der Waals surface area contributed by atoms with Gasteiger partial charge in [0.1, 0.15) is 0 Å². The number of nitrogens with two attached hydrogens (primary N) is 1. The van der Waals surface area contributed by atoms with Crippen molar-refractivity contribution in [3.05, 3.63) is 35.4 Å². The third-order valence-electron chi connectivity index (χ3n) is 3.20. The van der Waals surface area contributed by atoms with Crippen molar-refractivity contribution in [1.82, 2.24) is 0 Å². The van der Waals surface area contributed by atoms with E-state index in [9.17, 15) is 0 Å². The second-order valence-electron chi connectivity index (χ2n) is 5.16. The van der Waals surface area contributed by atoms with E-state index < -0.39 is 0 Å². The van der Waals surface area contributed by atoms with Gasteiger partial charge in [-0.2, -0.15) is 0 Å². The molecule has 0 aliphatic heterocycles. The van der Waals surface area contributed by atoms with Crippen LogP contribution in [0.4, 0.5) is 0 Å². The third kappa shape index (κ3) is 4.14. The average molecular weight is 235 g/mol. The van der Waals surface area contributed by atoms with Gasteiger partial charge in [-0.15, -0.1) is 0 Å². The van der Waals surface area contributed by atoms with Gasteiger partial charge in [0.15, 0.2) is 0 Å². The Kier molecular flexibility index (Phi) is 5.66. The Morgan fingerprint density at radius 1 is 1.06 bits per heavy atom. The maximum absolute atomic E-state index is 5.67. The lowest BCUT2D eigenvalue weighted by atomic mass is 9.95. The SMILES string of the molecule is CO[C@H](CC(C)C)c1ccc([C@H](C)CN)cc1. The van der Waals surface area contributed by atoms with E-state index in [4.69, 9.17) is 10.5 Å². The van der Waals surface area contributed by atoms with E-state index in [1.807, 2.05) is 0 Å². The van der Waals surface area contributed by atoms with Crippen LogP contribution in [0.25, 0.3) is 0 Å². The molecule has 0 aromatic heterocycles. The zero-order valence-corrected chi connectivity index (χ0v) is 11.4. The van der Waals surface area contributed by atoms with Crippen molar-refractivity contribution in [2.75, 3.05) is 13.7 Å². The van der Waals surface area contributed by atoms with Gasteiger partial charge in [0.05, 0.1) is 6.10 Å². The molecule has 0 aliphatic carbocycles. The lowest BCUT2D eigenvalue weighted by molar-refractivity contribution is 0.0845. The molecule has 2 N–H and O–H groups in total. The highest BCUT2D eigenvalue weighted by atomic mass is 16.5. The van der Waals surface area contributed by atoms with Gasteiger partial charge >= 0.3 is 0 Å². The molecule has 2 atom stereocenters. The lowest BCUT2D eigenvalue weighted by Gasteiger charge is -2.19. The first-order valence-corrected chi connectivity index (χ1v) is 6.41. The van der Waals surface area contributed by atoms with Crippen LogP contribution in [-0.4, -0.2) is 13.7 Å². The number of rotatable bonds is 6. The second-order valence-corrected chi connectivity index (χ2v) is 5.16. The van der Waals surface area contributed by atoms with E-state index in [0.29, 0.717) is 18.4 Å². The van der Waals surface area contributed by atoms with Crippen LogP contribution in [0.2, 0.25) is 0 Å². The smallest absolute Gasteiger partial charge is 0.0823 e. The summed E-state index contributed by atoms with van der Waals surface area (Å²) in [5.74, 6) is 1.07. The molecule has 2 nitrogen and oxygen atoms in total. The summed E-state index contributed by atoms with van der Waals surface area (Å²) in [6, 6.07) is 8.66. The molecule has 17 heavy (non-hydrogen) atoms. The predicted molar refractivity (Wildman–Crippen MR) is 73.1 cm³/mol. The zero-order valence-electron chi connectivity index (χ0n) is 11.4. The monoisotopic (exact) mass is 235 g/mol. The standard InChI is InChI=1S/C15H25NO/c1-11(2)9-15(17-4)14-7-5-13(6-8-14)12(3)10-16/h5-8,11-12,15H,9-10,16H2,1-4H3/t12-,15-/m1/s1. The fraction of sp³-hybridized carbons (Fsp3) is 0.600. The molecule has 0 amide bonds. The Labute approximate surface area is 105 Å². The normalized spacial score (nSPS) is 14.9. The molecule has 0 bridgehead atoms. The van der Waals surface area contributed by atoms with Crippen molar-refractivity contribution in [2.24, 2.45) is 11.7 Å². The second kappa shape index (κ2) is 6.77. The van der Waals surface area contributed by atoms with E-state index in [0.717, 1.165) is 6.42 Å². The topological polar surface area (TPSA) is 35.2 Å². The first-order valence-electron chi connectivity index (χ1n) is 6.41. The third-order valence-corrected chi connectivity index (χ3v) is 3.20. The van der Waals surface area contributed by atoms with Crippen LogP contribution in [0.3, 0.4) is 0 Å². The van der Waals surface area contributed by atoms with Crippen LogP contribution in [0.15, 0.2) is 24.3 Å². The fourth-order valence-corrected chi connectivity index (χ4v) is 1.97. The molecule has 1 rings (SSSR count). The van der Waals surface area contributed by atoms with Crippen molar-refractivity contribution >= 4 is 0 Å². The van der Waals surface area contributed by atoms with Crippen molar-refractivity contribution in [1.29, 1.82) is 0 Å². The summed E-state index contributed by atoms with van der Waals surface area (Å²) in [5, 5.41) is 0. The highest BCUT2D eigenvalue weighted by Crippen LogP contribution is 2.25. The van der Waals surface area contributed by atoms with Crippen LogP contribution in [0.1, 0.15) is 50.3 Å². The Hall–Kier alpha value is -0.860. The first-order chi connectivity index (χ1) is 8.08. The van der Waals surface area contributed by atoms with E-state index in [1.165, 1.54) is 11.1 Å². The van der Waals surface area contributed by atoms with Gasteiger partial charge in [-0.1, -0.05) is 45.0 Å². The molecule has 1 aromatic rings. The van der Waals surface area contributed by atoms with Gasteiger partial charge in [-0.25, -0.2) is 0 Å². The largest absolute Gasteiger partial charge is 0.377 e. The van der Waals surface area contributed by atoms with Crippen LogP contribution in [-0.2, 0) is 4.74 Å². The summed E-state index contributed by atoms with van der Waals surface area (Å²) >= 11 is 0. The number of ether oxygens (including phenoxy) is 1. The predicted octanol–water partition coefficient (Wildman–Crippen LogP) is 3.48. The molecule has 0 fully saturated rings. The Balaban J connectivity index is 2.77. The summed E-state index contributed by atoms with van der Waals surface area (Å²) in [4.78, 5) is 0. The quantitative estimate of drug-likeness (QED) is 0.819. The molecule has 0 saturated heterocycles. The maximum atomic E-state index is 5.67. The highest BCUT2D eigenvalue weighted by Gasteiger charge is 2.12. The zero-order chi connectivity index (χ0) is 12.8. The number of benzene rings is 1. The average Bonchev–Trinajstić information content (AvgIpc) is 2.35. The minimum atomic E-state index is 0.206. The summed E-state index contributed by atoms with van der Waals surface area (Å²) in [6.45, 7) is 7.28. The number of methoxy groups -OCH3 is 1. The van der Waals surface area contributed by atoms with Gasteiger partial charge in [0, 0.05) is 7.11 Å². The molecule has 0 unspecified atom stereocenters. The van der Waals surface area contributed by atoms with Crippen LogP contribution >= 0.6 is 0 Å². The summed E-state index contributed by atoms with van der Waals surface area (Å²) in [5.41, 5.74) is 8.23. The minimum Gasteiger partial charge on any atom is -0.377 e. The molecule has 2 heteroatoms. The number of hydrogen-bond acceptors (Lipinski definition) is 2. The highest BCUT2D eigenvalue weighted by molar-refractivity contribution is 5.26. The molecular weight excluding hydrogens is 210 g/mol. The van der Waals surface area contributed by atoms with E-state index >= 15 is 0 Å². The molecule has 96 valence electrons. The molecule has 0 saturated carbocycles. The summed E-state index contributed by atoms with van der Waals surface area (Å²) in [6.07, 6.45) is 1.26. The maximum Gasteiger partial charge on any atom is 0.0823 e. The molecule has 1 aromatic carbocycles. The van der Waals surface area contributed by atoms with E-state index in [1.54, 1.807) is 7.11 Å².